The summed E-state index contributed by atoms with van der Waals surface area (Å²) >= 11 is 0. The van der Waals surface area contributed by atoms with Gasteiger partial charge in [0.25, 0.3) is 5.91 Å². The molecule has 0 unspecified atom stereocenters. The molecule has 0 saturated heterocycles. The van der Waals surface area contributed by atoms with Gasteiger partial charge in [-0.1, -0.05) is 5.92 Å². The zero-order valence-corrected chi connectivity index (χ0v) is 11.7. The number of carbonyl (C=O) groups excluding carboxylic acids is 1. The molecule has 0 saturated carbocycles. The van der Waals surface area contributed by atoms with Crippen LogP contribution in [0.4, 0.5) is 5.69 Å². The average Bonchev–Trinajstić information content (AvgIpc) is 2.86. The summed E-state index contributed by atoms with van der Waals surface area (Å²) in [5.74, 6) is 7.75. The third kappa shape index (κ3) is 2.96. The molecule has 0 spiro atoms. The molecule has 0 fully saturated rings. The van der Waals surface area contributed by atoms with E-state index in [0.717, 1.165) is 0 Å². The first-order chi connectivity index (χ1) is 10.2. The monoisotopic (exact) mass is 281 g/mol. The van der Waals surface area contributed by atoms with Gasteiger partial charge in [-0.3, -0.25) is 4.79 Å². The summed E-state index contributed by atoms with van der Waals surface area (Å²) in [6, 6.07) is 1.64. The number of fused-ring (bicyclic) bond motifs is 1. The second-order valence-corrected chi connectivity index (χ2v) is 4.23. The number of hydrogen-bond donors (Lipinski definition) is 2. The molecule has 0 aliphatic rings. The molecule has 2 rings (SSSR count). The Morgan fingerprint density at radius 1 is 1.57 bits per heavy atom. The lowest BCUT2D eigenvalue weighted by Gasteiger charge is -1.99. The summed E-state index contributed by atoms with van der Waals surface area (Å²) in [7, 11) is 0. The van der Waals surface area contributed by atoms with E-state index in [-0.39, 0.29) is 18.1 Å². The van der Waals surface area contributed by atoms with E-state index in [9.17, 15) is 4.79 Å². The van der Waals surface area contributed by atoms with Crippen molar-refractivity contribution in [1.82, 2.24) is 20.1 Å². The molecule has 0 radical (unpaired) electrons. The first kappa shape index (κ1) is 14.4. The molecule has 0 aliphatic heterocycles. The highest BCUT2D eigenvalue weighted by molar-refractivity contribution is 6.08. The highest BCUT2D eigenvalue weighted by Gasteiger charge is 2.19. The maximum absolute atomic E-state index is 12.1. The van der Waals surface area contributed by atoms with E-state index in [2.05, 4.69) is 33.2 Å². The Kier molecular flexibility index (Phi) is 4.43. The first-order valence-electron chi connectivity index (χ1n) is 6.41. The highest BCUT2D eigenvalue weighted by atomic mass is 16.1. The molecule has 21 heavy (non-hydrogen) atoms. The van der Waals surface area contributed by atoms with Crippen molar-refractivity contribution in [2.45, 2.75) is 19.9 Å². The van der Waals surface area contributed by atoms with Crippen molar-refractivity contribution in [3.63, 3.8) is 0 Å². The number of amides is 1. The van der Waals surface area contributed by atoms with E-state index in [1.807, 2.05) is 0 Å². The molecule has 2 aromatic heterocycles. The fraction of sp³-hybridized carbons (Fsp3) is 0.267. The molecular weight excluding hydrogens is 266 g/mol. The van der Waals surface area contributed by atoms with Crippen LogP contribution in [0.3, 0.4) is 0 Å². The topological polar surface area (TPSA) is 85.8 Å². The van der Waals surface area contributed by atoms with Gasteiger partial charge >= 0.3 is 0 Å². The number of carbonyl (C=O) groups is 1. The summed E-state index contributed by atoms with van der Waals surface area (Å²) in [6.07, 6.45) is 7.35. The Hall–Kier alpha value is -2.99. The molecule has 0 aliphatic carbocycles. The van der Waals surface area contributed by atoms with Crippen LogP contribution in [0.15, 0.2) is 12.3 Å². The molecule has 2 heterocycles. The second-order valence-electron chi connectivity index (χ2n) is 4.23. The van der Waals surface area contributed by atoms with Gasteiger partial charge in [0.15, 0.2) is 11.3 Å². The van der Waals surface area contributed by atoms with Gasteiger partial charge in [-0.05, 0) is 13.0 Å². The highest BCUT2D eigenvalue weighted by Crippen LogP contribution is 2.23. The predicted molar refractivity (Wildman–Crippen MR) is 81.2 cm³/mol. The summed E-state index contributed by atoms with van der Waals surface area (Å²) in [6.45, 7) is 2.45. The molecule has 1 amide bonds. The van der Waals surface area contributed by atoms with Crippen molar-refractivity contribution in [1.29, 1.82) is 0 Å². The number of nitrogen functional groups attached to an aromatic ring is 1. The van der Waals surface area contributed by atoms with Gasteiger partial charge < -0.3 is 11.1 Å². The van der Waals surface area contributed by atoms with Crippen LogP contribution < -0.4 is 11.1 Å². The zero-order chi connectivity index (χ0) is 15.2. The van der Waals surface area contributed by atoms with Crippen LogP contribution in [-0.4, -0.2) is 27.2 Å². The molecule has 2 aromatic rings. The summed E-state index contributed by atoms with van der Waals surface area (Å²) in [4.78, 5) is 16.4. The summed E-state index contributed by atoms with van der Waals surface area (Å²) < 4.78 is 1.64. The van der Waals surface area contributed by atoms with Crippen LogP contribution in [0.2, 0.25) is 0 Å². The summed E-state index contributed by atoms with van der Waals surface area (Å²) in [5.41, 5.74) is 7.21. The number of terminal acetylenes is 1. The lowest BCUT2D eigenvalue weighted by Crippen LogP contribution is -2.24. The van der Waals surface area contributed by atoms with Crippen molar-refractivity contribution >= 4 is 22.6 Å². The van der Waals surface area contributed by atoms with E-state index >= 15 is 0 Å². The Morgan fingerprint density at radius 3 is 3.10 bits per heavy atom. The van der Waals surface area contributed by atoms with Crippen molar-refractivity contribution in [3.05, 3.63) is 18.0 Å². The fourth-order valence-electron chi connectivity index (χ4n) is 1.94. The minimum Gasteiger partial charge on any atom is -0.398 e. The Bertz CT molecular complexity index is 773. The van der Waals surface area contributed by atoms with Crippen LogP contribution in [0.5, 0.6) is 0 Å². The van der Waals surface area contributed by atoms with E-state index in [1.165, 1.54) is 0 Å². The minimum absolute atomic E-state index is 0.134. The number of anilines is 1. The first-order valence-corrected chi connectivity index (χ1v) is 6.41. The van der Waals surface area contributed by atoms with Crippen molar-refractivity contribution in [2.24, 2.45) is 0 Å². The normalized spacial score (nSPS) is 9.71. The third-order valence-corrected chi connectivity index (χ3v) is 2.86. The maximum atomic E-state index is 12.1. The average molecular weight is 281 g/mol. The number of hydrogen-bond acceptors (Lipinski definition) is 4. The van der Waals surface area contributed by atoms with Crippen LogP contribution >= 0.6 is 0 Å². The van der Waals surface area contributed by atoms with E-state index in [0.29, 0.717) is 29.7 Å². The summed E-state index contributed by atoms with van der Waals surface area (Å²) in [5, 5.41) is 7.43. The van der Waals surface area contributed by atoms with Gasteiger partial charge in [-0.15, -0.1) is 18.3 Å². The SMILES string of the molecule is C#CCNC(=O)c1nn(CCC#CC)c2nccc(N)c12. The molecule has 0 atom stereocenters. The Labute approximate surface area is 122 Å². The third-order valence-electron chi connectivity index (χ3n) is 2.86. The number of pyridine rings is 1. The quantitative estimate of drug-likeness (QED) is 0.811. The van der Waals surface area contributed by atoms with E-state index in [4.69, 9.17) is 12.2 Å². The number of nitrogens with zero attached hydrogens (tertiary/aromatic N) is 3. The van der Waals surface area contributed by atoms with Gasteiger partial charge in [0, 0.05) is 18.3 Å². The van der Waals surface area contributed by atoms with Crippen LogP contribution in [-0.2, 0) is 6.54 Å². The molecule has 6 nitrogen and oxygen atoms in total. The molecule has 106 valence electrons. The Balaban J connectivity index is 2.46. The number of nitrogens with one attached hydrogen (secondary N) is 1. The van der Waals surface area contributed by atoms with Crippen molar-refractivity contribution in [3.8, 4) is 24.2 Å². The van der Waals surface area contributed by atoms with Crippen molar-refractivity contribution in [2.75, 3.05) is 12.3 Å². The number of nitrogens with two attached hydrogens (primary N) is 1. The molecule has 6 heteroatoms. The van der Waals surface area contributed by atoms with E-state index in [1.54, 1.807) is 23.9 Å². The lowest BCUT2D eigenvalue weighted by molar-refractivity contribution is 0.0954. The maximum Gasteiger partial charge on any atom is 0.273 e. The smallest absolute Gasteiger partial charge is 0.273 e. The van der Waals surface area contributed by atoms with Gasteiger partial charge in [-0.2, -0.15) is 5.10 Å². The molecular formula is C15H15N5O. The lowest BCUT2D eigenvalue weighted by atomic mass is 10.2. The van der Waals surface area contributed by atoms with Crippen LogP contribution in [0, 0.1) is 24.2 Å². The van der Waals surface area contributed by atoms with Gasteiger partial charge in [-0.25, -0.2) is 9.67 Å². The standard InChI is InChI=1S/C15H15N5O/c1-3-5-6-10-20-14-12(11(16)7-9-17-14)13(19-20)15(21)18-8-4-2/h2,7,9H,6,8,10H2,1H3,(H2,16,17)(H,18,21). The second kappa shape index (κ2) is 6.44. The Morgan fingerprint density at radius 2 is 2.38 bits per heavy atom. The largest absolute Gasteiger partial charge is 0.398 e. The van der Waals surface area contributed by atoms with Gasteiger partial charge in [0.2, 0.25) is 0 Å². The zero-order valence-electron chi connectivity index (χ0n) is 11.7. The van der Waals surface area contributed by atoms with E-state index < -0.39 is 0 Å². The van der Waals surface area contributed by atoms with Gasteiger partial charge in [0.05, 0.1) is 18.5 Å². The number of aryl methyl sites for hydroxylation is 1. The van der Waals surface area contributed by atoms with Crippen molar-refractivity contribution < 1.29 is 4.79 Å². The predicted octanol–water partition coefficient (Wildman–Crippen LogP) is 0.790. The van der Waals surface area contributed by atoms with Crippen LogP contribution in [0.25, 0.3) is 11.0 Å². The number of aromatic nitrogens is 3. The van der Waals surface area contributed by atoms with Gasteiger partial charge in [0.1, 0.15) is 0 Å². The van der Waals surface area contributed by atoms with Crippen LogP contribution in [0.1, 0.15) is 23.8 Å². The number of rotatable bonds is 4. The minimum atomic E-state index is -0.363. The molecule has 0 bridgehead atoms. The molecule has 0 aromatic carbocycles. The molecule has 3 N–H and O–H groups in total. The fourth-order valence-corrected chi connectivity index (χ4v) is 1.94.